The molecule has 0 spiro atoms. The zero-order valence-corrected chi connectivity index (χ0v) is 14.1. The number of nitrogens with one attached hydrogen (secondary N) is 2. The number of carbonyl (C=O) groups is 1. The van der Waals surface area contributed by atoms with Crippen LogP contribution in [-0.4, -0.2) is 33.6 Å². The van der Waals surface area contributed by atoms with Gasteiger partial charge in [-0.25, -0.2) is 18.7 Å². The van der Waals surface area contributed by atoms with Crippen molar-refractivity contribution in [1.82, 2.24) is 15.0 Å². The number of aromatic amines is 1. The highest BCUT2D eigenvalue weighted by atomic mass is 19.4. The van der Waals surface area contributed by atoms with E-state index in [9.17, 15) is 26.7 Å². The van der Waals surface area contributed by atoms with E-state index in [1.165, 1.54) is 6.20 Å². The number of aromatic nitrogens is 3. The molecular weight excluding hydrogens is 387 g/mol. The molecule has 3 aromatic rings. The van der Waals surface area contributed by atoms with Crippen LogP contribution in [0.4, 0.5) is 27.6 Å². The van der Waals surface area contributed by atoms with E-state index in [0.29, 0.717) is 5.52 Å². The lowest BCUT2D eigenvalue weighted by Gasteiger charge is -2.08. The van der Waals surface area contributed by atoms with Gasteiger partial charge in [0.05, 0.1) is 30.2 Å². The SMILES string of the molecule is O=C(Nc1c[nH]c2cc(F)c(F)cc12)c1cnc(OCCCC(F)(F)F)cn1. The first-order valence-corrected chi connectivity index (χ1v) is 8.02. The van der Waals surface area contributed by atoms with E-state index in [-0.39, 0.29) is 35.7 Å². The Kier molecular flexibility index (Phi) is 5.43. The van der Waals surface area contributed by atoms with Gasteiger partial charge < -0.3 is 15.0 Å². The first-order chi connectivity index (χ1) is 13.2. The molecule has 2 aromatic heterocycles. The number of nitrogens with zero attached hydrogens (tertiary/aromatic N) is 2. The molecule has 1 amide bonds. The first-order valence-electron chi connectivity index (χ1n) is 8.02. The summed E-state index contributed by atoms with van der Waals surface area (Å²) in [6.45, 7) is -0.197. The summed E-state index contributed by atoms with van der Waals surface area (Å²) in [5.41, 5.74) is 0.413. The van der Waals surface area contributed by atoms with Gasteiger partial charge in [0.2, 0.25) is 5.88 Å². The summed E-state index contributed by atoms with van der Waals surface area (Å²) in [5, 5.41) is 2.76. The van der Waals surface area contributed by atoms with Crippen LogP contribution in [0.2, 0.25) is 0 Å². The van der Waals surface area contributed by atoms with E-state index in [4.69, 9.17) is 4.74 Å². The highest BCUT2D eigenvalue weighted by Crippen LogP contribution is 2.26. The maximum absolute atomic E-state index is 13.4. The summed E-state index contributed by atoms with van der Waals surface area (Å²) < 4.78 is 67.8. The van der Waals surface area contributed by atoms with Gasteiger partial charge in [0, 0.05) is 24.1 Å². The molecule has 0 saturated carbocycles. The maximum Gasteiger partial charge on any atom is 0.389 e. The van der Waals surface area contributed by atoms with Gasteiger partial charge in [0.25, 0.3) is 5.91 Å². The molecule has 3 rings (SSSR count). The largest absolute Gasteiger partial charge is 0.477 e. The molecule has 28 heavy (non-hydrogen) atoms. The Bertz CT molecular complexity index is 986. The number of H-pyrrole nitrogens is 1. The molecule has 0 saturated heterocycles. The number of rotatable bonds is 6. The zero-order chi connectivity index (χ0) is 20.3. The van der Waals surface area contributed by atoms with Crippen molar-refractivity contribution in [3.63, 3.8) is 0 Å². The number of ether oxygens (including phenoxy) is 1. The first kappa shape index (κ1) is 19.5. The lowest BCUT2D eigenvalue weighted by Crippen LogP contribution is -2.14. The Morgan fingerprint density at radius 2 is 1.89 bits per heavy atom. The molecule has 2 heterocycles. The molecule has 11 heteroatoms. The number of halogens is 5. The van der Waals surface area contributed by atoms with Crippen LogP contribution in [0.3, 0.4) is 0 Å². The molecule has 2 N–H and O–H groups in total. The molecule has 6 nitrogen and oxygen atoms in total. The lowest BCUT2D eigenvalue weighted by molar-refractivity contribution is -0.136. The van der Waals surface area contributed by atoms with Gasteiger partial charge in [0.1, 0.15) is 5.69 Å². The highest BCUT2D eigenvalue weighted by molar-refractivity contribution is 6.07. The fourth-order valence-electron chi connectivity index (χ4n) is 2.36. The standard InChI is InChI=1S/C17H13F5N4O2/c18-10-4-9-12(5-11(10)19)23-6-13(9)26-16(27)14-7-25-15(8-24-14)28-3-1-2-17(20,21)22/h4-8,23H,1-3H2,(H,26,27). The van der Waals surface area contributed by atoms with Crippen molar-refractivity contribution < 1.29 is 31.5 Å². The Morgan fingerprint density at radius 3 is 2.57 bits per heavy atom. The van der Waals surface area contributed by atoms with Crippen molar-refractivity contribution in [1.29, 1.82) is 0 Å². The minimum atomic E-state index is -4.26. The van der Waals surface area contributed by atoms with Crippen molar-refractivity contribution in [3.05, 3.63) is 48.1 Å². The van der Waals surface area contributed by atoms with Crippen LogP contribution in [0.5, 0.6) is 5.88 Å². The minimum Gasteiger partial charge on any atom is -0.477 e. The Morgan fingerprint density at radius 1 is 1.14 bits per heavy atom. The fourth-order valence-corrected chi connectivity index (χ4v) is 2.36. The Hall–Kier alpha value is -3.24. The van der Waals surface area contributed by atoms with Gasteiger partial charge in [-0.1, -0.05) is 0 Å². The van der Waals surface area contributed by atoms with E-state index in [0.717, 1.165) is 24.5 Å². The van der Waals surface area contributed by atoms with E-state index in [2.05, 4.69) is 20.3 Å². The molecule has 0 unspecified atom stereocenters. The van der Waals surface area contributed by atoms with Crippen LogP contribution < -0.4 is 10.1 Å². The molecule has 148 valence electrons. The molecule has 0 bridgehead atoms. The average Bonchev–Trinajstić information content (AvgIpc) is 3.00. The van der Waals surface area contributed by atoms with Crippen LogP contribution >= 0.6 is 0 Å². The molecule has 1 aromatic carbocycles. The minimum absolute atomic E-state index is 0.0247. The normalized spacial score (nSPS) is 11.6. The van der Waals surface area contributed by atoms with E-state index in [1.54, 1.807) is 0 Å². The predicted octanol–water partition coefficient (Wildman–Crippen LogP) is 4.21. The summed E-state index contributed by atoms with van der Waals surface area (Å²) in [4.78, 5) is 22.6. The lowest BCUT2D eigenvalue weighted by atomic mass is 10.2. The molecular formula is C17H13F5N4O2. The summed E-state index contributed by atoms with van der Waals surface area (Å²) in [7, 11) is 0. The molecule has 0 aliphatic heterocycles. The van der Waals surface area contributed by atoms with Gasteiger partial charge in [-0.3, -0.25) is 4.79 Å². The number of hydrogen-bond acceptors (Lipinski definition) is 4. The third-order valence-corrected chi connectivity index (χ3v) is 3.69. The number of benzene rings is 1. The van der Waals surface area contributed by atoms with Crippen LogP contribution in [0.25, 0.3) is 10.9 Å². The monoisotopic (exact) mass is 400 g/mol. The quantitative estimate of drug-likeness (QED) is 0.480. The molecule has 0 fully saturated rings. The summed E-state index contributed by atoms with van der Waals surface area (Å²) in [5.74, 6) is -2.77. The summed E-state index contributed by atoms with van der Waals surface area (Å²) in [6, 6.07) is 1.91. The number of hydrogen-bond donors (Lipinski definition) is 2. The second kappa shape index (κ2) is 7.79. The van der Waals surface area contributed by atoms with Gasteiger partial charge in [0.15, 0.2) is 11.6 Å². The number of anilines is 1. The predicted molar refractivity (Wildman–Crippen MR) is 89.0 cm³/mol. The average molecular weight is 400 g/mol. The van der Waals surface area contributed by atoms with Crippen LogP contribution in [-0.2, 0) is 0 Å². The van der Waals surface area contributed by atoms with Gasteiger partial charge >= 0.3 is 6.18 Å². The van der Waals surface area contributed by atoms with Crippen molar-refractivity contribution in [2.45, 2.75) is 19.0 Å². The smallest absolute Gasteiger partial charge is 0.389 e. The maximum atomic E-state index is 13.4. The zero-order valence-electron chi connectivity index (χ0n) is 14.1. The van der Waals surface area contributed by atoms with Gasteiger partial charge in [-0.05, 0) is 12.5 Å². The topological polar surface area (TPSA) is 79.9 Å². The number of amides is 1. The van der Waals surface area contributed by atoms with Crippen molar-refractivity contribution in [3.8, 4) is 5.88 Å². The number of carbonyl (C=O) groups excluding carboxylic acids is 1. The van der Waals surface area contributed by atoms with Crippen LogP contribution in [0, 0.1) is 11.6 Å². The third kappa shape index (κ3) is 4.72. The fraction of sp³-hybridized carbons (Fsp3) is 0.235. The number of alkyl halides is 3. The van der Waals surface area contributed by atoms with Gasteiger partial charge in [-0.15, -0.1) is 0 Å². The number of fused-ring (bicyclic) bond motifs is 1. The summed E-state index contributed by atoms with van der Waals surface area (Å²) >= 11 is 0. The van der Waals surface area contributed by atoms with Crippen molar-refractivity contribution >= 4 is 22.5 Å². The van der Waals surface area contributed by atoms with E-state index in [1.807, 2.05) is 0 Å². The Labute approximate surface area is 154 Å². The molecule has 0 aliphatic rings. The van der Waals surface area contributed by atoms with E-state index >= 15 is 0 Å². The third-order valence-electron chi connectivity index (χ3n) is 3.69. The molecule has 0 atom stereocenters. The summed E-state index contributed by atoms with van der Waals surface area (Å²) in [6.07, 6.45) is -1.90. The second-order valence-electron chi connectivity index (χ2n) is 5.78. The van der Waals surface area contributed by atoms with Crippen molar-refractivity contribution in [2.75, 3.05) is 11.9 Å². The van der Waals surface area contributed by atoms with E-state index < -0.39 is 30.1 Å². The van der Waals surface area contributed by atoms with Gasteiger partial charge in [-0.2, -0.15) is 13.2 Å². The Balaban J connectivity index is 1.61. The van der Waals surface area contributed by atoms with Crippen LogP contribution in [0.15, 0.2) is 30.7 Å². The molecule has 0 radical (unpaired) electrons. The molecule has 0 aliphatic carbocycles. The van der Waals surface area contributed by atoms with Crippen LogP contribution in [0.1, 0.15) is 23.3 Å². The van der Waals surface area contributed by atoms with Crippen molar-refractivity contribution in [2.24, 2.45) is 0 Å². The highest BCUT2D eigenvalue weighted by Gasteiger charge is 2.26. The second-order valence-corrected chi connectivity index (χ2v) is 5.78.